The lowest BCUT2D eigenvalue weighted by Crippen LogP contribution is -2.30. The van der Waals surface area contributed by atoms with Crippen molar-refractivity contribution in [2.24, 2.45) is 5.92 Å². The highest BCUT2D eigenvalue weighted by atomic mass is 35.5. The van der Waals surface area contributed by atoms with E-state index in [0.717, 1.165) is 24.6 Å². The van der Waals surface area contributed by atoms with Gasteiger partial charge in [0, 0.05) is 11.7 Å². The van der Waals surface area contributed by atoms with E-state index in [2.05, 4.69) is 27.9 Å². The monoisotopic (exact) mass is 354 g/mol. The Kier molecular flexibility index (Phi) is 5.06. The van der Waals surface area contributed by atoms with Crippen LogP contribution in [-0.4, -0.2) is 16.3 Å². The second-order valence-electron chi connectivity index (χ2n) is 6.46. The number of alkyl halides is 2. The first-order chi connectivity index (χ1) is 11.2. The first-order valence-electron chi connectivity index (χ1n) is 8.14. The van der Waals surface area contributed by atoms with Crippen LogP contribution in [0.15, 0.2) is 30.6 Å². The van der Waals surface area contributed by atoms with Crippen LogP contribution in [0.2, 0.25) is 0 Å². The fourth-order valence-corrected chi connectivity index (χ4v) is 3.29. The predicted octanol–water partition coefficient (Wildman–Crippen LogP) is 4.43. The summed E-state index contributed by atoms with van der Waals surface area (Å²) in [6, 6.07) is 6.72. The van der Waals surface area contributed by atoms with E-state index in [9.17, 15) is 8.78 Å². The summed E-state index contributed by atoms with van der Waals surface area (Å²) in [6.07, 6.45) is 7.67. The Morgan fingerprint density at radius 1 is 1.29 bits per heavy atom. The Balaban J connectivity index is 0.00000169. The maximum absolute atomic E-state index is 12.6. The Hall–Kier alpha value is -1.66. The molecule has 0 spiro atoms. The first-order valence-corrected chi connectivity index (χ1v) is 8.14. The van der Waals surface area contributed by atoms with E-state index < -0.39 is 6.55 Å². The SMILES string of the molecule is Cl.FC(F)n1cc(Nc2ccc3c(c2)C(CC2CC2)NCC3)cn1. The van der Waals surface area contributed by atoms with Crippen molar-refractivity contribution in [3.05, 3.63) is 41.7 Å². The van der Waals surface area contributed by atoms with Gasteiger partial charge in [0.15, 0.2) is 0 Å². The number of benzene rings is 1. The van der Waals surface area contributed by atoms with Gasteiger partial charge in [-0.25, -0.2) is 4.68 Å². The third-order valence-corrected chi connectivity index (χ3v) is 4.66. The number of nitrogens with one attached hydrogen (secondary N) is 2. The number of hydrogen-bond donors (Lipinski definition) is 2. The molecule has 2 N–H and O–H groups in total. The average Bonchev–Trinajstić information content (AvgIpc) is 3.23. The molecule has 0 saturated heterocycles. The minimum atomic E-state index is -2.61. The topological polar surface area (TPSA) is 41.9 Å². The summed E-state index contributed by atoms with van der Waals surface area (Å²) in [7, 11) is 0. The molecule has 4 rings (SSSR count). The molecule has 1 aromatic heterocycles. The number of halogens is 3. The summed E-state index contributed by atoms with van der Waals surface area (Å²) in [4.78, 5) is 0. The van der Waals surface area contributed by atoms with Gasteiger partial charge >= 0.3 is 6.55 Å². The molecule has 2 aromatic rings. The highest BCUT2D eigenvalue weighted by molar-refractivity contribution is 5.85. The fraction of sp³-hybridized carbons (Fsp3) is 0.471. The van der Waals surface area contributed by atoms with Gasteiger partial charge in [-0.3, -0.25) is 0 Å². The molecule has 1 saturated carbocycles. The molecule has 4 nitrogen and oxygen atoms in total. The van der Waals surface area contributed by atoms with Crippen LogP contribution in [0.3, 0.4) is 0 Å². The van der Waals surface area contributed by atoms with Crippen molar-refractivity contribution >= 4 is 23.8 Å². The Labute approximate surface area is 146 Å². The van der Waals surface area contributed by atoms with Crippen LogP contribution in [-0.2, 0) is 6.42 Å². The van der Waals surface area contributed by atoms with Crippen molar-refractivity contribution in [1.82, 2.24) is 15.1 Å². The fourth-order valence-electron chi connectivity index (χ4n) is 3.29. The molecule has 0 radical (unpaired) electrons. The largest absolute Gasteiger partial charge is 0.353 e. The van der Waals surface area contributed by atoms with Crippen LogP contribution in [0, 0.1) is 5.92 Å². The number of rotatable bonds is 5. The number of anilines is 2. The standard InChI is InChI=1S/C17H20F2N4.ClH/c18-17(19)23-10-14(9-21-23)22-13-4-3-12-5-6-20-16(15(12)8-13)7-11-1-2-11;/h3-4,8-11,16-17,20,22H,1-2,5-7H2;1H. The van der Waals surface area contributed by atoms with E-state index in [0.29, 0.717) is 16.4 Å². The number of fused-ring (bicyclic) bond motifs is 1. The molecule has 24 heavy (non-hydrogen) atoms. The van der Waals surface area contributed by atoms with Crippen molar-refractivity contribution < 1.29 is 8.78 Å². The summed E-state index contributed by atoms with van der Waals surface area (Å²) in [5.41, 5.74) is 4.23. The van der Waals surface area contributed by atoms with Gasteiger partial charge in [-0.15, -0.1) is 12.4 Å². The third-order valence-electron chi connectivity index (χ3n) is 4.66. The minimum Gasteiger partial charge on any atom is -0.353 e. The lowest BCUT2D eigenvalue weighted by molar-refractivity contribution is 0.0566. The molecule has 0 amide bonds. The van der Waals surface area contributed by atoms with Gasteiger partial charge in [-0.1, -0.05) is 18.9 Å². The molecule has 1 aromatic carbocycles. The van der Waals surface area contributed by atoms with Crippen molar-refractivity contribution in [2.45, 2.75) is 38.3 Å². The van der Waals surface area contributed by atoms with Gasteiger partial charge in [-0.05, 0) is 48.6 Å². The second kappa shape index (κ2) is 7.07. The maximum Gasteiger partial charge on any atom is 0.333 e. The van der Waals surface area contributed by atoms with Gasteiger partial charge in [-0.2, -0.15) is 13.9 Å². The Morgan fingerprint density at radius 3 is 2.83 bits per heavy atom. The molecular formula is C17H21ClF2N4. The number of nitrogens with zero attached hydrogens (tertiary/aromatic N) is 2. The van der Waals surface area contributed by atoms with E-state index in [1.807, 2.05) is 6.07 Å². The summed E-state index contributed by atoms with van der Waals surface area (Å²) < 4.78 is 25.8. The van der Waals surface area contributed by atoms with Gasteiger partial charge in [0.1, 0.15) is 0 Å². The molecule has 1 aliphatic heterocycles. The number of hydrogen-bond acceptors (Lipinski definition) is 3. The summed E-state index contributed by atoms with van der Waals surface area (Å²) >= 11 is 0. The predicted molar refractivity (Wildman–Crippen MR) is 92.2 cm³/mol. The molecule has 1 aliphatic carbocycles. The Bertz CT molecular complexity index is 700. The van der Waals surface area contributed by atoms with Crippen LogP contribution in [0.1, 0.15) is 43.0 Å². The molecule has 0 bridgehead atoms. The van der Waals surface area contributed by atoms with Crippen LogP contribution >= 0.6 is 12.4 Å². The first kappa shape index (κ1) is 17.2. The quantitative estimate of drug-likeness (QED) is 0.834. The second-order valence-corrected chi connectivity index (χ2v) is 6.46. The van der Waals surface area contributed by atoms with E-state index >= 15 is 0 Å². The van der Waals surface area contributed by atoms with Crippen LogP contribution in [0.4, 0.5) is 20.2 Å². The van der Waals surface area contributed by atoms with Crippen LogP contribution in [0.25, 0.3) is 0 Å². The zero-order valence-corrected chi connectivity index (χ0v) is 14.0. The molecule has 2 heterocycles. The maximum atomic E-state index is 12.6. The van der Waals surface area contributed by atoms with E-state index in [4.69, 9.17) is 0 Å². The summed E-state index contributed by atoms with van der Waals surface area (Å²) in [6.45, 7) is -1.58. The number of aromatic nitrogens is 2. The van der Waals surface area contributed by atoms with Crippen molar-refractivity contribution in [3.63, 3.8) is 0 Å². The van der Waals surface area contributed by atoms with Gasteiger partial charge in [0.2, 0.25) is 0 Å². The molecule has 1 fully saturated rings. The highest BCUT2D eigenvalue weighted by Gasteiger charge is 2.28. The smallest absolute Gasteiger partial charge is 0.333 e. The molecular weight excluding hydrogens is 334 g/mol. The van der Waals surface area contributed by atoms with Gasteiger partial charge in [0.25, 0.3) is 0 Å². The average molecular weight is 355 g/mol. The lowest BCUT2D eigenvalue weighted by atomic mass is 9.91. The third kappa shape index (κ3) is 3.70. The van der Waals surface area contributed by atoms with Crippen LogP contribution < -0.4 is 10.6 Å². The van der Waals surface area contributed by atoms with E-state index in [1.165, 1.54) is 42.8 Å². The molecule has 2 aliphatic rings. The van der Waals surface area contributed by atoms with E-state index in [-0.39, 0.29) is 12.4 Å². The van der Waals surface area contributed by atoms with Crippen molar-refractivity contribution in [1.29, 1.82) is 0 Å². The van der Waals surface area contributed by atoms with Crippen LogP contribution in [0.5, 0.6) is 0 Å². The molecule has 1 atom stereocenters. The molecule has 130 valence electrons. The molecule has 1 unspecified atom stereocenters. The lowest BCUT2D eigenvalue weighted by Gasteiger charge is -2.27. The summed E-state index contributed by atoms with van der Waals surface area (Å²) in [5.74, 6) is 0.860. The Morgan fingerprint density at radius 2 is 2.12 bits per heavy atom. The van der Waals surface area contributed by atoms with E-state index in [1.54, 1.807) is 0 Å². The zero-order chi connectivity index (χ0) is 15.8. The highest BCUT2D eigenvalue weighted by Crippen LogP contribution is 2.40. The van der Waals surface area contributed by atoms with Crippen molar-refractivity contribution in [3.8, 4) is 0 Å². The molecule has 7 heteroatoms. The zero-order valence-electron chi connectivity index (χ0n) is 13.2. The minimum absolute atomic E-state index is 0. The van der Waals surface area contributed by atoms with Crippen molar-refractivity contribution in [2.75, 3.05) is 11.9 Å². The van der Waals surface area contributed by atoms with Gasteiger partial charge < -0.3 is 10.6 Å². The normalized spacial score (nSPS) is 19.7. The summed E-state index contributed by atoms with van der Waals surface area (Å²) in [5, 5.41) is 10.4. The van der Waals surface area contributed by atoms with Gasteiger partial charge in [0.05, 0.1) is 18.1 Å².